The van der Waals surface area contributed by atoms with Gasteiger partial charge in [0.2, 0.25) is 0 Å². The molecular weight excluding hydrogens is 350 g/mol. The van der Waals surface area contributed by atoms with Gasteiger partial charge in [-0.2, -0.15) is 0 Å². The second-order valence-corrected chi connectivity index (χ2v) is 7.61. The number of nitrogens with one attached hydrogen (secondary N) is 1. The molecule has 0 radical (unpaired) electrons. The molecule has 1 aliphatic carbocycles. The van der Waals surface area contributed by atoms with E-state index in [1.54, 1.807) is 7.11 Å². The largest absolute Gasteiger partial charge is 0.493 e. The third kappa shape index (κ3) is 4.53. The van der Waals surface area contributed by atoms with Crippen LogP contribution in [0, 0.1) is 11.8 Å². The van der Waals surface area contributed by atoms with E-state index in [2.05, 4.69) is 35.1 Å². The maximum Gasteiger partial charge on any atom is 0.156 e. The maximum atomic E-state index is 6.17. The van der Waals surface area contributed by atoms with Crippen molar-refractivity contribution in [1.82, 2.24) is 0 Å². The van der Waals surface area contributed by atoms with Crippen molar-refractivity contribution in [3.63, 3.8) is 0 Å². The predicted molar refractivity (Wildman–Crippen MR) is 94.5 cm³/mol. The summed E-state index contributed by atoms with van der Waals surface area (Å²) in [6.45, 7) is 4.69. The van der Waals surface area contributed by atoms with Gasteiger partial charge in [-0.1, -0.05) is 38.3 Å². The molecule has 0 aromatic heterocycles. The van der Waals surface area contributed by atoms with Gasteiger partial charge in [-0.15, -0.1) is 0 Å². The van der Waals surface area contributed by atoms with Crippen molar-refractivity contribution >= 4 is 33.2 Å². The van der Waals surface area contributed by atoms with E-state index in [4.69, 9.17) is 16.3 Å². The lowest BCUT2D eigenvalue weighted by Crippen LogP contribution is -2.19. The lowest BCUT2D eigenvalue weighted by molar-refractivity contribution is 0.341. The van der Waals surface area contributed by atoms with Crippen LogP contribution in [0.1, 0.15) is 46.0 Å². The molecule has 0 bridgehead atoms. The summed E-state index contributed by atoms with van der Waals surface area (Å²) in [6.07, 6.45) is 6.39. The van der Waals surface area contributed by atoms with Gasteiger partial charge >= 0.3 is 0 Å². The summed E-state index contributed by atoms with van der Waals surface area (Å²) in [6, 6.07) is 4.33. The molecule has 2 nitrogen and oxygen atoms in total. The molecule has 118 valence electrons. The Morgan fingerprint density at radius 2 is 2.00 bits per heavy atom. The first-order valence-electron chi connectivity index (χ1n) is 7.80. The first kappa shape index (κ1) is 17.0. The van der Waals surface area contributed by atoms with E-state index in [9.17, 15) is 0 Å². The SMILES string of the molecule is COc1c(Br)cc(Cl)cc1NC1CCCC(C(C)C)CC1. The molecule has 2 atom stereocenters. The van der Waals surface area contributed by atoms with E-state index in [1.807, 2.05) is 12.1 Å². The Kier molecular flexibility index (Phi) is 6.24. The zero-order chi connectivity index (χ0) is 15.4. The fourth-order valence-electron chi connectivity index (χ4n) is 3.24. The van der Waals surface area contributed by atoms with Crippen LogP contribution < -0.4 is 10.1 Å². The van der Waals surface area contributed by atoms with E-state index in [1.165, 1.54) is 32.1 Å². The molecule has 0 amide bonds. The lowest BCUT2D eigenvalue weighted by Gasteiger charge is -2.21. The first-order valence-corrected chi connectivity index (χ1v) is 8.98. The molecule has 1 N–H and O–H groups in total. The fraction of sp³-hybridized carbons (Fsp3) is 0.647. The summed E-state index contributed by atoms with van der Waals surface area (Å²) in [5.41, 5.74) is 0.991. The predicted octanol–water partition coefficient (Wildman–Crippen LogP) is 6.13. The zero-order valence-electron chi connectivity index (χ0n) is 13.1. The molecule has 2 rings (SSSR count). The van der Waals surface area contributed by atoms with E-state index in [0.29, 0.717) is 6.04 Å². The standard InChI is InChI=1S/C17H25BrClNO/c1-11(2)12-5-4-6-14(8-7-12)20-16-10-13(19)9-15(18)17(16)21-3/h9-12,14,20H,4-8H2,1-3H3. The number of benzene rings is 1. The molecule has 0 spiro atoms. The molecule has 4 heteroatoms. The molecule has 1 aliphatic rings. The Bertz CT molecular complexity index is 478. The highest BCUT2D eigenvalue weighted by Gasteiger charge is 2.22. The van der Waals surface area contributed by atoms with Crippen molar-refractivity contribution in [2.24, 2.45) is 11.8 Å². The topological polar surface area (TPSA) is 21.3 Å². The summed E-state index contributed by atoms with van der Waals surface area (Å²) in [5, 5.41) is 4.36. The van der Waals surface area contributed by atoms with Crippen LogP contribution in [0.15, 0.2) is 16.6 Å². The summed E-state index contributed by atoms with van der Waals surface area (Å²) in [5.74, 6) is 2.49. The van der Waals surface area contributed by atoms with Crippen LogP contribution in [-0.2, 0) is 0 Å². The van der Waals surface area contributed by atoms with Crippen molar-refractivity contribution in [3.05, 3.63) is 21.6 Å². The molecule has 21 heavy (non-hydrogen) atoms. The van der Waals surface area contributed by atoms with E-state index >= 15 is 0 Å². The van der Waals surface area contributed by atoms with Crippen molar-refractivity contribution in [2.45, 2.75) is 52.0 Å². The lowest BCUT2D eigenvalue weighted by atomic mass is 9.89. The Morgan fingerprint density at radius 3 is 2.67 bits per heavy atom. The first-order chi connectivity index (χ1) is 10.0. The van der Waals surface area contributed by atoms with Crippen LogP contribution in [0.25, 0.3) is 0 Å². The van der Waals surface area contributed by atoms with Crippen LogP contribution in [0.3, 0.4) is 0 Å². The van der Waals surface area contributed by atoms with Crippen LogP contribution in [-0.4, -0.2) is 13.2 Å². The summed E-state index contributed by atoms with van der Waals surface area (Å²) in [7, 11) is 1.70. The molecule has 1 fully saturated rings. The molecule has 0 heterocycles. The highest BCUT2D eigenvalue weighted by Crippen LogP contribution is 2.38. The van der Waals surface area contributed by atoms with E-state index in [-0.39, 0.29) is 0 Å². The number of anilines is 1. The van der Waals surface area contributed by atoms with Crippen LogP contribution in [0.5, 0.6) is 5.75 Å². The van der Waals surface area contributed by atoms with Crippen LogP contribution in [0.4, 0.5) is 5.69 Å². The van der Waals surface area contributed by atoms with Crippen molar-refractivity contribution in [1.29, 1.82) is 0 Å². The highest BCUT2D eigenvalue weighted by atomic mass is 79.9. The minimum absolute atomic E-state index is 0.507. The number of hydrogen-bond donors (Lipinski definition) is 1. The molecule has 1 aromatic carbocycles. The Labute approximate surface area is 141 Å². The molecular formula is C17H25BrClNO. The minimum atomic E-state index is 0.507. The number of halogens is 2. The quantitative estimate of drug-likeness (QED) is 0.640. The fourth-order valence-corrected chi connectivity index (χ4v) is 4.21. The van der Waals surface area contributed by atoms with Gasteiger partial charge in [-0.3, -0.25) is 0 Å². The van der Waals surface area contributed by atoms with Gasteiger partial charge < -0.3 is 10.1 Å². The molecule has 2 unspecified atom stereocenters. The molecule has 1 aromatic rings. The third-order valence-electron chi connectivity index (χ3n) is 4.53. The summed E-state index contributed by atoms with van der Waals surface area (Å²) >= 11 is 9.69. The molecule has 0 aliphatic heterocycles. The number of hydrogen-bond acceptors (Lipinski definition) is 2. The Balaban J connectivity index is 2.08. The van der Waals surface area contributed by atoms with Gasteiger partial charge in [0.25, 0.3) is 0 Å². The monoisotopic (exact) mass is 373 g/mol. The smallest absolute Gasteiger partial charge is 0.156 e. The summed E-state index contributed by atoms with van der Waals surface area (Å²) in [4.78, 5) is 0. The normalized spacial score (nSPS) is 23.0. The zero-order valence-corrected chi connectivity index (χ0v) is 15.4. The summed E-state index contributed by atoms with van der Waals surface area (Å²) < 4.78 is 6.39. The minimum Gasteiger partial charge on any atom is -0.493 e. The van der Waals surface area contributed by atoms with Gasteiger partial charge in [-0.25, -0.2) is 0 Å². The van der Waals surface area contributed by atoms with Gasteiger partial charge in [0.05, 0.1) is 17.3 Å². The average Bonchev–Trinajstić information content (AvgIpc) is 2.64. The molecule has 0 saturated heterocycles. The number of ether oxygens (including phenoxy) is 1. The van der Waals surface area contributed by atoms with Crippen molar-refractivity contribution in [2.75, 3.05) is 12.4 Å². The Hall–Kier alpha value is -0.410. The van der Waals surface area contributed by atoms with Crippen LogP contribution >= 0.6 is 27.5 Å². The number of rotatable bonds is 4. The second-order valence-electron chi connectivity index (χ2n) is 6.32. The van der Waals surface area contributed by atoms with Crippen molar-refractivity contribution < 1.29 is 4.74 Å². The highest BCUT2D eigenvalue weighted by molar-refractivity contribution is 9.10. The van der Waals surface area contributed by atoms with E-state index in [0.717, 1.165) is 32.8 Å². The maximum absolute atomic E-state index is 6.17. The Morgan fingerprint density at radius 1 is 1.24 bits per heavy atom. The average molecular weight is 375 g/mol. The molecule has 1 saturated carbocycles. The van der Waals surface area contributed by atoms with Gasteiger partial charge in [-0.05, 0) is 59.2 Å². The third-order valence-corrected chi connectivity index (χ3v) is 5.34. The second kappa shape index (κ2) is 7.73. The number of methoxy groups -OCH3 is 1. The van der Waals surface area contributed by atoms with Gasteiger partial charge in [0.15, 0.2) is 5.75 Å². The van der Waals surface area contributed by atoms with Gasteiger partial charge in [0, 0.05) is 11.1 Å². The van der Waals surface area contributed by atoms with Gasteiger partial charge in [0.1, 0.15) is 0 Å². The van der Waals surface area contributed by atoms with E-state index < -0.39 is 0 Å². The van der Waals surface area contributed by atoms with Crippen molar-refractivity contribution in [3.8, 4) is 5.75 Å². The van der Waals surface area contributed by atoms with Crippen LogP contribution in [0.2, 0.25) is 5.02 Å².